The minimum absolute atomic E-state index is 0.0319. The predicted octanol–water partition coefficient (Wildman–Crippen LogP) is 9.44. The Balaban J connectivity index is 0.831. The molecule has 0 radical (unpaired) electrons. The number of carbonyl (C=O) groups excluding carboxylic acids is 1. The Morgan fingerprint density at radius 1 is 0.973 bits per heavy atom. The van der Waals surface area contributed by atoms with Crippen LogP contribution in [-0.4, -0.2) is 109 Å². The number of hydrogen-bond donors (Lipinski definition) is 4. The molecule has 1 atom stereocenters. The van der Waals surface area contributed by atoms with Crippen molar-refractivity contribution in [2.45, 2.75) is 94.2 Å². The lowest BCUT2D eigenvalue weighted by Crippen LogP contribution is -2.68. The first-order valence-electron chi connectivity index (χ1n) is 25.6. The molecule has 1 unspecified atom stereocenters. The number of hydrogen-bond acceptors (Lipinski definition) is 13. The van der Waals surface area contributed by atoms with Gasteiger partial charge in [0, 0.05) is 92.7 Å². The number of ether oxygens (including phenoxy) is 2. The molecule has 1 spiro atoms. The zero-order valence-electron chi connectivity index (χ0n) is 42.1. The summed E-state index contributed by atoms with van der Waals surface area (Å²) in [6.45, 7) is 12.5. The van der Waals surface area contributed by atoms with Crippen LogP contribution in [-0.2, 0) is 16.4 Å². The number of methoxy groups -OCH3 is 1. The number of aromatic amines is 1. The summed E-state index contributed by atoms with van der Waals surface area (Å²) < 4.78 is 41.6. The molecule has 1 amide bonds. The molecular formula is C56H66N8O8S. The van der Waals surface area contributed by atoms with Crippen LogP contribution in [0.4, 0.5) is 17.1 Å². The molecule has 6 aromatic rings. The summed E-state index contributed by atoms with van der Waals surface area (Å²) in [5.41, 5.74) is 4.78. The summed E-state index contributed by atoms with van der Waals surface area (Å²) in [4.78, 5) is 40.4. The molecule has 4 N–H and O–H groups in total. The molecule has 4 fully saturated rings. The van der Waals surface area contributed by atoms with Crippen molar-refractivity contribution in [3.05, 3.63) is 142 Å². The molecule has 10 rings (SSSR count). The molecule has 4 aliphatic rings. The number of nitrogens with one attached hydrogen (secondary N) is 3. The van der Waals surface area contributed by atoms with E-state index in [-0.39, 0.29) is 34.4 Å². The Morgan fingerprint density at radius 2 is 1.74 bits per heavy atom. The van der Waals surface area contributed by atoms with Gasteiger partial charge in [-0.25, -0.2) is 18.1 Å². The molecule has 4 heterocycles. The molecular weight excluding hydrogens is 945 g/mol. The lowest BCUT2D eigenvalue weighted by atomic mass is 9.59. The fourth-order valence-electron chi connectivity index (χ4n) is 11.6. The van der Waals surface area contributed by atoms with Gasteiger partial charge in [-0.2, -0.15) is 0 Å². The quantitative estimate of drug-likeness (QED) is 0.0499. The lowest BCUT2D eigenvalue weighted by Gasteiger charge is -2.63. The topological polar surface area (TPSA) is 195 Å². The number of carbonyl (C=O) groups is 1. The number of sulfonamides is 1. The number of piperazine rings is 1. The Kier molecular flexibility index (Phi) is 14.0. The smallest absolute Gasteiger partial charge is 0.293 e. The van der Waals surface area contributed by atoms with Crippen LogP contribution >= 0.6 is 0 Å². The number of rotatable bonds is 17. The van der Waals surface area contributed by atoms with Crippen LogP contribution in [0.25, 0.3) is 11.0 Å². The summed E-state index contributed by atoms with van der Waals surface area (Å²) >= 11 is 0. The van der Waals surface area contributed by atoms with Gasteiger partial charge in [-0.3, -0.25) is 24.7 Å². The molecule has 2 aliphatic heterocycles. The summed E-state index contributed by atoms with van der Waals surface area (Å²) in [6, 6.07) is 30.5. The molecule has 384 valence electrons. The molecule has 17 heteroatoms. The summed E-state index contributed by atoms with van der Waals surface area (Å²) in [5.74, 6) is 1.02. The third kappa shape index (κ3) is 10.9. The normalized spacial score (nSPS) is 21.4. The highest BCUT2D eigenvalue weighted by Crippen LogP contribution is 2.53. The molecule has 2 saturated carbocycles. The van der Waals surface area contributed by atoms with E-state index in [1.54, 1.807) is 31.5 Å². The minimum Gasteiger partial charge on any atom is -0.497 e. The fourth-order valence-corrected chi connectivity index (χ4v) is 12.6. The van der Waals surface area contributed by atoms with E-state index in [4.69, 9.17) is 9.47 Å². The number of fused-ring (bicyclic) bond motifs is 1. The van der Waals surface area contributed by atoms with E-state index in [0.717, 1.165) is 94.3 Å². The van der Waals surface area contributed by atoms with Gasteiger partial charge < -0.3 is 29.8 Å². The maximum Gasteiger partial charge on any atom is 0.293 e. The number of nitro groups is 1. The van der Waals surface area contributed by atoms with Crippen molar-refractivity contribution in [2.24, 2.45) is 11.3 Å². The van der Waals surface area contributed by atoms with E-state index in [1.807, 2.05) is 31.2 Å². The second kappa shape index (κ2) is 20.4. The predicted molar refractivity (Wildman–Crippen MR) is 282 cm³/mol. The number of aliphatic hydroxyl groups is 1. The van der Waals surface area contributed by atoms with Crippen LogP contribution in [0.5, 0.6) is 17.2 Å². The Hall–Kier alpha value is -6.53. The maximum absolute atomic E-state index is 14.1. The zero-order chi connectivity index (χ0) is 51.1. The third-order valence-corrected chi connectivity index (χ3v) is 17.2. The van der Waals surface area contributed by atoms with Crippen LogP contribution in [0.3, 0.4) is 0 Å². The fraction of sp³-hybridized carbons (Fsp3) is 0.429. The van der Waals surface area contributed by atoms with Gasteiger partial charge in [-0.15, -0.1) is 0 Å². The number of nitro benzene ring substituents is 1. The minimum atomic E-state index is -4.59. The highest BCUT2D eigenvalue weighted by atomic mass is 32.2. The van der Waals surface area contributed by atoms with Crippen LogP contribution in [0.2, 0.25) is 0 Å². The lowest BCUT2D eigenvalue weighted by molar-refractivity contribution is -0.384. The SMILES string of the molecule is COc1ccc(CCN2CCN(C3CC4(C3)CN(c3ccc(C(=O)NS(=O)(=O)c5ccc(NC[C@H]6CC[C@](C)(O)CC6)c([N+](=O)[O-])c5)c(Oc5cnc6[nH]ccc6c5)c3)C4)C(c3ccccc3C(C)C)C2)cc1. The van der Waals surface area contributed by atoms with Crippen molar-refractivity contribution in [3.8, 4) is 17.2 Å². The largest absolute Gasteiger partial charge is 0.497 e. The first-order valence-corrected chi connectivity index (χ1v) is 27.0. The van der Waals surface area contributed by atoms with Crippen molar-refractivity contribution < 1.29 is 32.7 Å². The van der Waals surface area contributed by atoms with E-state index < -0.39 is 37.0 Å². The molecule has 16 nitrogen and oxygen atoms in total. The van der Waals surface area contributed by atoms with Crippen LogP contribution < -0.4 is 24.4 Å². The molecule has 2 aliphatic carbocycles. The van der Waals surface area contributed by atoms with Crippen molar-refractivity contribution >= 4 is 44.0 Å². The number of aromatic nitrogens is 2. The second-order valence-corrected chi connectivity index (χ2v) is 23.1. The van der Waals surface area contributed by atoms with Gasteiger partial charge in [0.05, 0.1) is 34.3 Å². The van der Waals surface area contributed by atoms with Gasteiger partial charge >= 0.3 is 0 Å². The summed E-state index contributed by atoms with van der Waals surface area (Å²) in [6.07, 6.45) is 9.24. The number of pyridine rings is 1. The Labute approximate surface area is 427 Å². The first kappa shape index (κ1) is 50.0. The Bertz CT molecular complexity index is 3080. The number of nitrogens with zero attached hydrogens (tertiary/aromatic N) is 5. The van der Waals surface area contributed by atoms with E-state index in [0.29, 0.717) is 42.7 Å². The monoisotopic (exact) mass is 1010 g/mol. The van der Waals surface area contributed by atoms with Gasteiger partial charge in [-0.1, -0.05) is 50.2 Å². The van der Waals surface area contributed by atoms with Crippen molar-refractivity contribution in [1.82, 2.24) is 24.5 Å². The number of H-pyrrole nitrogens is 1. The van der Waals surface area contributed by atoms with E-state index in [2.05, 4.69) is 85.0 Å². The Morgan fingerprint density at radius 3 is 2.48 bits per heavy atom. The standard InChI is InChI=1S/C56H66N8O8S/c1-37(2)46-7-5-6-8-47(46)51-34-61(24-20-38-9-12-43(71-4)13-10-38)25-26-63(51)42-30-56(31-42)35-62(36-56)41-11-15-48(52(28-41)72-44-27-40-19-23-57-53(40)59-33-44)54(65)60-73(69,70)45-14-16-49(50(29-45)64(67)68)58-32-39-17-21-55(3,66)22-18-39/h5-16,19,23,27-29,33,37,39,42,51,58,66H,17-18,20-22,24-26,30-32,34-36H2,1-4H3,(H,57,59)(H,60,65)/t39-,51?,55-. The maximum atomic E-state index is 14.1. The zero-order valence-corrected chi connectivity index (χ0v) is 42.9. The molecule has 73 heavy (non-hydrogen) atoms. The number of amides is 1. The highest BCUT2D eigenvalue weighted by Gasteiger charge is 2.55. The average molecular weight is 1010 g/mol. The molecule has 0 bridgehead atoms. The third-order valence-electron chi connectivity index (χ3n) is 15.9. The average Bonchev–Trinajstić information content (AvgIpc) is 3.83. The summed E-state index contributed by atoms with van der Waals surface area (Å²) in [7, 11) is -2.89. The molecule has 4 aromatic carbocycles. The van der Waals surface area contributed by atoms with Gasteiger partial charge in [-0.05, 0) is 129 Å². The van der Waals surface area contributed by atoms with E-state index in [9.17, 15) is 28.4 Å². The summed E-state index contributed by atoms with van der Waals surface area (Å²) in [5, 5.41) is 26.5. The second-order valence-electron chi connectivity index (χ2n) is 21.4. The van der Waals surface area contributed by atoms with Crippen molar-refractivity contribution in [2.75, 3.05) is 63.1 Å². The number of anilines is 2. The van der Waals surface area contributed by atoms with E-state index in [1.165, 1.54) is 35.0 Å². The van der Waals surface area contributed by atoms with Crippen molar-refractivity contribution in [3.63, 3.8) is 0 Å². The van der Waals surface area contributed by atoms with Crippen molar-refractivity contribution in [1.29, 1.82) is 0 Å². The number of benzene rings is 4. The molecule has 2 saturated heterocycles. The van der Waals surface area contributed by atoms with E-state index >= 15 is 0 Å². The highest BCUT2D eigenvalue weighted by molar-refractivity contribution is 7.90. The van der Waals surface area contributed by atoms with Crippen LogP contribution in [0, 0.1) is 21.4 Å². The van der Waals surface area contributed by atoms with Crippen LogP contribution in [0.1, 0.15) is 98.3 Å². The van der Waals surface area contributed by atoms with Gasteiger partial charge in [0.25, 0.3) is 21.6 Å². The first-order chi connectivity index (χ1) is 35.0. The van der Waals surface area contributed by atoms with Gasteiger partial charge in [0.2, 0.25) is 0 Å². The van der Waals surface area contributed by atoms with Gasteiger partial charge in [0.15, 0.2) is 0 Å². The molecule has 2 aromatic heterocycles. The van der Waals surface area contributed by atoms with Gasteiger partial charge in [0.1, 0.15) is 28.6 Å². The van der Waals surface area contributed by atoms with Crippen LogP contribution in [0.15, 0.2) is 114 Å².